The molecule has 0 saturated carbocycles. The van der Waals surface area contributed by atoms with Gasteiger partial charge in [-0.3, -0.25) is 19.7 Å². The van der Waals surface area contributed by atoms with Crippen molar-refractivity contribution >= 4 is 17.8 Å². The molecule has 2 N–H and O–H groups in total. The van der Waals surface area contributed by atoms with Gasteiger partial charge in [0.2, 0.25) is 11.8 Å². The summed E-state index contributed by atoms with van der Waals surface area (Å²) >= 11 is 0. The molecule has 1 heterocycles. The van der Waals surface area contributed by atoms with Crippen LogP contribution in [0.25, 0.3) is 0 Å². The van der Waals surface area contributed by atoms with Crippen molar-refractivity contribution in [1.29, 1.82) is 0 Å². The molecular weight excluding hydrogens is 238 g/mol. The van der Waals surface area contributed by atoms with Crippen LogP contribution >= 0.6 is 0 Å². The normalized spacial score (nSPS) is 17.4. The molecule has 0 radical (unpaired) electrons. The third-order valence-electron chi connectivity index (χ3n) is 3.01. The van der Waals surface area contributed by atoms with Crippen LogP contribution in [0.1, 0.15) is 13.8 Å². The number of carbonyl (C=O) groups excluding carboxylic acids is 2. The third kappa shape index (κ3) is 3.99. The number of carboxylic acid groups (broad SMARTS) is 1. The van der Waals surface area contributed by atoms with Crippen molar-refractivity contribution in [3.63, 3.8) is 0 Å². The summed E-state index contributed by atoms with van der Waals surface area (Å²) in [6, 6.07) is -0.743. The second kappa shape index (κ2) is 6.34. The van der Waals surface area contributed by atoms with Crippen molar-refractivity contribution in [2.45, 2.75) is 19.9 Å². The number of nitrogens with one attached hydrogen (secondary N) is 1. The third-order valence-corrected chi connectivity index (χ3v) is 3.01. The van der Waals surface area contributed by atoms with Crippen LogP contribution < -0.4 is 5.32 Å². The summed E-state index contributed by atoms with van der Waals surface area (Å²) in [5.41, 5.74) is 0. The lowest BCUT2D eigenvalue weighted by molar-refractivity contribution is -0.140. The number of hydrogen-bond acceptors (Lipinski definition) is 4. The van der Waals surface area contributed by atoms with E-state index in [0.29, 0.717) is 26.2 Å². The van der Waals surface area contributed by atoms with Gasteiger partial charge in [0.05, 0.1) is 6.54 Å². The summed E-state index contributed by atoms with van der Waals surface area (Å²) in [6.07, 6.45) is 0. The zero-order valence-electron chi connectivity index (χ0n) is 10.7. The number of nitrogens with zero attached hydrogens (tertiary/aromatic N) is 2. The molecule has 0 aromatic heterocycles. The van der Waals surface area contributed by atoms with Crippen molar-refractivity contribution < 1.29 is 19.5 Å². The summed E-state index contributed by atoms with van der Waals surface area (Å²) in [5, 5.41) is 11.3. The van der Waals surface area contributed by atoms with E-state index < -0.39 is 12.0 Å². The quantitative estimate of drug-likeness (QED) is 0.656. The zero-order chi connectivity index (χ0) is 13.7. The van der Waals surface area contributed by atoms with Crippen LogP contribution in [0.4, 0.5) is 0 Å². The SMILES string of the molecule is CC(=O)N1CCN(C(=O)CN[C@@H](C)C(=O)O)CC1. The Kier molecular flexibility index (Phi) is 5.08. The van der Waals surface area contributed by atoms with Gasteiger partial charge in [-0.05, 0) is 6.92 Å². The summed E-state index contributed by atoms with van der Waals surface area (Å²) in [7, 11) is 0. The molecule has 18 heavy (non-hydrogen) atoms. The number of carbonyl (C=O) groups is 3. The van der Waals surface area contributed by atoms with Crippen LogP contribution in [-0.2, 0) is 14.4 Å². The molecule has 0 aromatic carbocycles. The first kappa shape index (κ1) is 14.4. The van der Waals surface area contributed by atoms with E-state index in [1.165, 1.54) is 13.8 Å². The largest absolute Gasteiger partial charge is 0.480 e. The number of carboxylic acids is 1. The Morgan fingerprint density at radius 2 is 1.67 bits per heavy atom. The van der Waals surface area contributed by atoms with Crippen molar-refractivity contribution in [2.24, 2.45) is 0 Å². The lowest BCUT2D eigenvalue weighted by atomic mass is 10.3. The van der Waals surface area contributed by atoms with E-state index in [2.05, 4.69) is 5.32 Å². The topological polar surface area (TPSA) is 90.0 Å². The van der Waals surface area contributed by atoms with Gasteiger partial charge in [0.15, 0.2) is 0 Å². The number of rotatable bonds is 4. The standard InChI is InChI=1S/C11H19N3O4/c1-8(11(17)18)12-7-10(16)14-5-3-13(4-6-14)9(2)15/h8,12H,3-7H2,1-2H3,(H,17,18)/t8-/m0/s1. The highest BCUT2D eigenvalue weighted by molar-refractivity contribution is 5.80. The Labute approximate surface area is 106 Å². The van der Waals surface area contributed by atoms with Gasteiger partial charge in [-0.15, -0.1) is 0 Å². The average molecular weight is 257 g/mol. The summed E-state index contributed by atoms with van der Waals surface area (Å²) in [6.45, 7) is 5.08. The maximum atomic E-state index is 11.8. The first-order valence-electron chi connectivity index (χ1n) is 5.91. The smallest absolute Gasteiger partial charge is 0.320 e. The minimum atomic E-state index is -0.982. The van der Waals surface area contributed by atoms with Crippen molar-refractivity contribution in [3.8, 4) is 0 Å². The first-order valence-corrected chi connectivity index (χ1v) is 5.91. The molecule has 1 saturated heterocycles. The Hall–Kier alpha value is -1.63. The molecule has 0 aromatic rings. The van der Waals surface area contributed by atoms with Crippen LogP contribution in [0.3, 0.4) is 0 Å². The maximum absolute atomic E-state index is 11.8. The monoisotopic (exact) mass is 257 g/mol. The molecule has 7 heteroatoms. The Morgan fingerprint density at radius 3 is 2.11 bits per heavy atom. The number of piperazine rings is 1. The second-order valence-corrected chi connectivity index (χ2v) is 4.33. The van der Waals surface area contributed by atoms with Crippen LogP contribution in [-0.4, -0.2) is 71.5 Å². The van der Waals surface area contributed by atoms with Crippen LogP contribution in [0.2, 0.25) is 0 Å². The first-order chi connectivity index (χ1) is 8.41. The fourth-order valence-electron chi connectivity index (χ4n) is 1.71. The van der Waals surface area contributed by atoms with Crippen LogP contribution in [0.15, 0.2) is 0 Å². The van der Waals surface area contributed by atoms with E-state index in [1.54, 1.807) is 9.80 Å². The van der Waals surface area contributed by atoms with E-state index in [4.69, 9.17) is 5.11 Å². The molecule has 1 rings (SSSR count). The Morgan fingerprint density at radius 1 is 1.17 bits per heavy atom. The summed E-state index contributed by atoms with van der Waals surface area (Å²) in [5.74, 6) is -1.10. The average Bonchev–Trinajstić information content (AvgIpc) is 2.35. The molecular formula is C11H19N3O4. The molecule has 7 nitrogen and oxygen atoms in total. The summed E-state index contributed by atoms with van der Waals surface area (Å²) in [4.78, 5) is 36.8. The lowest BCUT2D eigenvalue weighted by Crippen LogP contribution is -2.52. The van der Waals surface area contributed by atoms with Crippen molar-refractivity contribution in [1.82, 2.24) is 15.1 Å². The van der Waals surface area contributed by atoms with E-state index >= 15 is 0 Å². The minimum absolute atomic E-state index is 0.00748. The van der Waals surface area contributed by atoms with Crippen molar-refractivity contribution in [3.05, 3.63) is 0 Å². The highest BCUT2D eigenvalue weighted by atomic mass is 16.4. The number of amides is 2. The van der Waals surface area contributed by atoms with E-state index in [0.717, 1.165) is 0 Å². The molecule has 0 aliphatic carbocycles. The van der Waals surface area contributed by atoms with Gasteiger partial charge in [-0.25, -0.2) is 0 Å². The van der Waals surface area contributed by atoms with Gasteiger partial charge < -0.3 is 14.9 Å². The fourth-order valence-corrected chi connectivity index (χ4v) is 1.71. The van der Waals surface area contributed by atoms with E-state index in [-0.39, 0.29) is 18.4 Å². The van der Waals surface area contributed by atoms with E-state index in [9.17, 15) is 14.4 Å². The predicted molar refractivity (Wildman–Crippen MR) is 63.9 cm³/mol. The van der Waals surface area contributed by atoms with Crippen LogP contribution in [0, 0.1) is 0 Å². The molecule has 1 aliphatic rings. The minimum Gasteiger partial charge on any atom is -0.480 e. The number of hydrogen-bond donors (Lipinski definition) is 2. The fraction of sp³-hybridized carbons (Fsp3) is 0.727. The highest BCUT2D eigenvalue weighted by Crippen LogP contribution is 2.02. The van der Waals surface area contributed by atoms with Crippen molar-refractivity contribution in [2.75, 3.05) is 32.7 Å². The lowest BCUT2D eigenvalue weighted by Gasteiger charge is -2.34. The zero-order valence-corrected chi connectivity index (χ0v) is 10.7. The van der Waals surface area contributed by atoms with Gasteiger partial charge in [0.25, 0.3) is 0 Å². The molecule has 1 aliphatic heterocycles. The molecule has 1 atom stereocenters. The van der Waals surface area contributed by atoms with E-state index in [1.807, 2.05) is 0 Å². The van der Waals surface area contributed by atoms with Crippen LogP contribution in [0.5, 0.6) is 0 Å². The number of aliphatic carboxylic acids is 1. The van der Waals surface area contributed by atoms with Gasteiger partial charge in [0, 0.05) is 33.1 Å². The summed E-state index contributed by atoms with van der Waals surface area (Å²) < 4.78 is 0. The van der Waals surface area contributed by atoms with Gasteiger partial charge >= 0.3 is 5.97 Å². The molecule has 102 valence electrons. The highest BCUT2D eigenvalue weighted by Gasteiger charge is 2.22. The predicted octanol–water partition coefficient (Wildman–Crippen LogP) is -1.26. The second-order valence-electron chi connectivity index (χ2n) is 4.33. The van der Waals surface area contributed by atoms with Gasteiger partial charge in [0.1, 0.15) is 6.04 Å². The van der Waals surface area contributed by atoms with Gasteiger partial charge in [-0.1, -0.05) is 0 Å². The molecule has 0 bridgehead atoms. The Balaban J connectivity index is 2.32. The molecule has 0 spiro atoms. The molecule has 2 amide bonds. The maximum Gasteiger partial charge on any atom is 0.320 e. The molecule has 0 unspecified atom stereocenters. The Bertz CT molecular complexity index is 337. The molecule has 1 fully saturated rings. The van der Waals surface area contributed by atoms with Gasteiger partial charge in [-0.2, -0.15) is 0 Å².